The topological polar surface area (TPSA) is 75.6 Å². The summed E-state index contributed by atoms with van der Waals surface area (Å²) in [6.45, 7) is 10.5. The Balaban J connectivity index is 2.08. The third-order valence-corrected chi connectivity index (χ3v) is 6.85. The average Bonchev–Trinajstić information content (AvgIpc) is 2.90. The summed E-state index contributed by atoms with van der Waals surface area (Å²) < 4.78 is 6.06. The molecule has 3 rings (SSSR count). The molecule has 29 heavy (non-hydrogen) atoms. The van der Waals surface area contributed by atoms with Gasteiger partial charge in [-0.25, -0.2) is 0 Å². The van der Waals surface area contributed by atoms with Crippen LogP contribution >= 0.6 is 0 Å². The predicted molar refractivity (Wildman–Crippen MR) is 113 cm³/mol. The fourth-order valence-electron chi connectivity index (χ4n) is 5.15. The molecule has 160 valence electrons. The van der Waals surface area contributed by atoms with E-state index in [4.69, 9.17) is 4.74 Å². The Morgan fingerprint density at radius 2 is 1.97 bits per heavy atom. The first-order valence-electron chi connectivity index (χ1n) is 10.9. The molecule has 0 saturated carbocycles. The van der Waals surface area contributed by atoms with Gasteiger partial charge in [-0.2, -0.15) is 0 Å². The third kappa shape index (κ3) is 4.07. The van der Waals surface area contributed by atoms with Gasteiger partial charge in [0.2, 0.25) is 5.60 Å². The standard InChI is InChI=1S/C24H35NO4/c1-14(2)12-19-22-17(5)16(4)13-18-9-6-8-15(3)20(26)10-7-11-21(27)29-24(18,22)23(28)25-19/h6-7,9-10,13-15,17-20,22,26H,8,11-12H2,1-5H3,(H,25,28)/b9-6-,10-7-/t15-,17+,18-,19-,20-,22-,24+/m0/s1. The molecule has 3 aliphatic rings. The molecule has 1 fully saturated rings. The lowest BCUT2D eigenvalue weighted by molar-refractivity contribution is -0.176. The molecular formula is C24H35NO4. The van der Waals surface area contributed by atoms with E-state index in [0.717, 1.165) is 6.42 Å². The molecule has 0 radical (unpaired) electrons. The summed E-state index contributed by atoms with van der Waals surface area (Å²) in [6.07, 6.45) is 10.4. The van der Waals surface area contributed by atoms with Crippen LogP contribution in [-0.2, 0) is 14.3 Å². The van der Waals surface area contributed by atoms with Crippen LogP contribution in [-0.4, -0.2) is 34.7 Å². The number of rotatable bonds is 2. The van der Waals surface area contributed by atoms with Crippen LogP contribution < -0.4 is 5.32 Å². The van der Waals surface area contributed by atoms with Crippen LogP contribution in [0.15, 0.2) is 36.0 Å². The van der Waals surface area contributed by atoms with E-state index >= 15 is 0 Å². The summed E-state index contributed by atoms with van der Waals surface area (Å²) in [5.41, 5.74) is 0.0164. The van der Waals surface area contributed by atoms with Gasteiger partial charge in [-0.3, -0.25) is 9.59 Å². The van der Waals surface area contributed by atoms with Crippen molar-refractivity contribution in [2.24, 2.45) is 29.6 Å². The highest BCUT2D eigenvalue weighted by atomic mass is 16.6. The molecule has 0 aromatic carbocycles. The second-order valence-corrected chi connectivity index (χ2v) is 9.49. The molecule has 1 amide bonds. The van der Waals surface area contributed by atoms with Crippen molar-refractivity contribution in [3.63, 3.8) is 0 Å². The van der Waals surface area contributed by atoms with Crippen molar-refractivity contribution < 1.29 is 19.4 Å². The number of ether oxygens (including phenoxy) is 1. The van der Waals surface area contributed by atoms with Crippen molar-refractivity contribution in [3.8, 4) is 0 Å². The van der Waals surface area contributed by atoms with E-state index in [2.05, 4.69) is 39.1 Å². The molecule has 0 bridgehead atoms. The van der Waals surface area contributed by atoms with Gasteiger partial charge in [-0.15, -0.1) is 0 Å². The summed E-state index contributed by atoms with van der Waals surface area (Å²) in [5.74, 6) is -0.419. The smallest absolute Gasteiger partial charge is 0.310 e. The van der Waals surface area contributed by atoms with E-state index in [9.17, 15) is 14.7 Å². The first kappa shape index (κ1) is 21.8. The zero-order chi connectivity index (χ0) is 21.3. The van der Waals surface area contributed by atoms with Crippen LogP contribution in [0.3, 0.4) is 0 Å². The molecule has 7 atom stereocenters. The summed E-state index contributed by atoms with van der Waals surface area (Å²) >= 11 is 0. The lowest BCUT2D eigenvalue weighted by Crippen LogP contribution is -2.56. The van der Waals surface area contributed by atoms with E-state index in [0.29, 0.717) is 12.3 Å². The van der Waals surface area contributed by atoms with Crippen LogP contribution in [0.4, 0.5) is 0 Å². The van der Waals surface area contributed by atoms with Crippen LogP contribution in [0, 0.1) is 29.6 Å². The van der Waals surface area contributed by atoms with Crippen molar-refractivity contribution in [1.82, 2.24) is 5.32 Å². The monoisotopic (exact) mass is 401 g/mol. The Hall–Kier alpha value is -1.88. The number of carbonyl (C=O) groups is 2. The van der Waals surface area contributed by atoms with E-state index in [1.165, 1.54) is 5.57 Å². The molecule has 5 heteroatoms. The second kappa shape index (κ2) is 8.47. The number of nitrogens with one attached hydrogen (secondary N) is 1. The van der Waals surface area contributed by atoms with Crippen molar-refractivity contribution in [3.05, 3.63) is 36.0 Å². The first-order valence-corrected chi connectivity index (χ1v) is 10.9. The molecule has 0 unspecified atom stereocenters. The lowest BCUT2D eigenvalue weighted by atomic mass is 9.63. The Morgan fingerprint density at radius 3 is 2.66 bits per heavy atom. The molecule has 2 heterocycles. The number of allylic oxidation sites excluding steroid dienone is 2. The quantitative estimate of drug-likeness (QED) is 0.548. The zero-order valence-electron chi connectivity index (χ0n) is 18.2. The molecule has 0 aromatic heterocycles. The molecular weight excluding hydrogens is 366 g/mol. The van der Waals surface area contributed by atoms with Gasteiger partial charge < -0.3 is 15.2 Å². The van der Waals surface area contributed by atoms with Crippen molar-refractivity contribution in [1.29, 1.82) is 0 Å². The summed E-state index contributed by atoms with van der Waals surface area (Å²) in [4.78, 5) is 26.1. The maximum atomic E-state index is 13.4. The average molecular weight is 402 g/mol. The van der Waals surface area contributed by atoms with Crippen LogP contribution in [0.2, 0.25) is 0 Å². The Morgan fingerprint density at radius 1 is 1.24 bits per heavy atom. The maximum Gasteiger partial charge on any atom is 0.310 e. The lowest BCUT2D eigenvalue weighted by Gasteiger charge is -2.45. The van der Waals surface area contributed by atoms with Crippen molar-refractivity contribution in [2.45, 2.75) is 71.6 Å². The number of hydrogen-bond donors (Lipinski definition) is 2. The molecule has 5 nitrogen and oxygen atoms in total. The zero-order valence-corrected chi connectivity index (χ0v) is 18.2. The number of carbonyl (C=O) groups excluding carboxylic acids is 2. The van der Waals surface area contributed by atoms with Gasteiger partial charge in [0, 0.05) is 17.9 Å². The first-order chi connectivity index (χ1) is 13.7. The van der Waals surface area contributed by atoms with Gasteiger partial charge in [0.25, 0.3) is 5.91 Å². The normalized spacial score (nSPS) is 42.5. The minimum Gasteiger partial charge on any atom is -0.447 e. The van der Waals surface area contributed by atoms with Gasteiger partial charge in [-0.1, -0.05) is 63.6 Å². The molecule has 2 N–H and O–H groups in total. The number of hydrogen-bond acceptors (Lipinski definition) is 4. The largest absolute Gasteiger partial charge is 0.447 e. The molecule has 2 aliphatic heterocycles. The number of aliphatic hydroxyl groups is 1. The van der Waals surface area contributed by atoms with E-state index < -0.39 is 17.7 Å². The van der Waals surface area contributed by atoms with Crippen LogP contribution in [0.1, 0.15) is 53.9 Å². The summed E-state index contributed by atoms with van der Waals surface area (Å²) in [5, 5.41) is 13.4. The van der Waals surface area contributed by atoms with Gasteiger partial charge in [-0.05, 0) is 37.5 Å². The Bertz CT molecular complexity index is 737. The number of esters is 1. The van der Waals surface area contributed by atoms with Crippen LogP contribution in [0.5, 0.6) is 0 Å². The predicted octanol–water partition coefficient (Wildman–Crippen LogP) is 3.54. The minimum absolute atomic E-state index is 0.0194. The molecule has 1 spiro atoms. The van der Waals surface area contributed by atoms with Crippen molar-refractivity contribution >= 4 is 11.9 Å². The van der Waals surface area contributed by atoms with Gasteiger partial charge >= 0.3 is 5.97 Å². The summed E-state index contributed by atoms with van der Waals surface area (Å²) in [7, 11) is 0. The molecule has 1 saturated heterocycles. The molecule has 1 aliphatic carbocycles. The highest BCUT2D eigenvalue weighted by Crippen LogP contribution is 2.50. The SMILES string of the molecule is CC1=C[C@@H]2/C=C\C[C@H](C)[C@@H](O)/C=C\CC(=O)O[C@]23C(=O)N[C@@H](CC(C)C)[C@@H]3[C@@H]1C. The third-order valence-electron chi connectivity index (χ3n) is 6.85. The van der Waals surface area contributed by atoms with E-state index in [-0.39, 0.29) is 42.0 Å². The summed E-state index contributed by atoms with van der Waals surface area (Å²) in [6, 6.07) is -0.0194. The van der Waals surface area contributed by atoms with Gasteiger partial charge in [0.15, 0.2) is 0 Å². The fourth-order valence-corrected chi connectivity index (χ4v) is 5.15. The Labute approximate surface area is 174 Å². The number of aliphatic hydroxyl groups excluding tert-OH is 1. The van der Waals surface area contributed by atoms with E-state index in [1.54, 1.807) is 12.2 Å². The Kier molecular flexibility index (Phi) is 6.37. The van der Waals surface area contributed by atoms with Crippen molar-refractivity contribution in [2.75, 3.05) is 0 Å². The second-order valence-electron chi connectivity index (χ2n) is 9.49. The van der Waals surface area contributed by atoms with Gasteiger partial charge in [0.1, 0.15) is 0 Å². The highest BCUT2D eigenvalue weighted by Gasteiger charge is 2.64. The van der Waals surface area contributed by atoms with Gasteiger partial charge in [0.05, 0.1) is 12.5 Å². The molecule has 0 aromatic rings. The minimum atomic E-state index is -1.21. The van der Waals surface area contributed by atoms with E-state index in [1.807, 2.05) is 19.1 Å². The number of amides is 1. The van der Waals surface area contributed by atoms with Crippen LogP contribution in [0.25, 0.3) is 0 Å². The highest BCUT2D eigenvalue weighted by molar-refractivity contribution is 5.92. The maximum absolute atomic E-state index is 13.4. The fraction of sp³-hybridized carbons (Fsp3) is 0.667.